The minimum atomic E-state index is 0. The normalized spacial score (nSPS) is 31.8. The largest absolute Gasteiger partial charge is 1.00 e. The molecule has 10 heavy (non-hydrogen) atoms. The molecule has 0 heterocycles. The average molecular weight is 130 g/mol. The molecule has 0 aromatic heterocycles. The van der Waals surface area contributed by atoms with E-state index in [0.717, 1.165) is 25.7 Å². The van der Waals surface area contributed by atoms with Crippen molar-refractivity contribution in [2.75, 3.05) is 0 Å². The molecule has 1 aliphatic carbocycles. The maximum atomic E-state index is 5.64. The summed E-state index contributed by atoms with van der Waals surface area (Å²) < 4.78 is 0. The van der Waals surface area contributed by atoms with Crippen molar-refractivity contribution >= 4 is 0 Å². The standard InChI is InChI=1S/C6H14N2.2Li.2H/c7-5-1-2-6(8)4-3-5;;;;/h5-6H,1-4,7-8H2;;;;/q;2*+1;2*-1. The van der Waals surface area contributed by atoms with Gasteiger partial charge in [0.15, 0.2) is 0 Å². The first kappa shape index (κ1) is 13.7. The maximum Gasteiger partial charge on any atom is 1.00 e. The fraction of sp³-hybridized carbons (Fsp3) is 1.00. The van der Waals surface area contributed by atoms with E-state index in [9.17, 15) is 0 Å². The van der Waals surface area contributed by atoms with Crippen molar-refractivity contribution in [2.45, 2.75) is 37.8 Å². The van der Waals surface area contributed by atoms with E-state index in [1.165, 1.54) is 0 Å². The summed E-state index contributed by atoms with van der Waals surface area (Å²) in [5, 5.41) is 0. The minimum absolute atomic E-state index is 0. The van der Waals surface area contributed by atoms with E-state index in [0.29, 0.717) is 12.1 Å². The summed E-state index contributed by atoms with van der Waals surface area (Å²) in [6, 6.07) is 0.879. The first-order valence-electron chi connectivity index (χ1n) is 3.30. The average Bonchev–Trinajstić information content (AvgIpc) is 1.77. The third kappa shape index (κ3) is 4.86. The summed E-state index contributed by atoms with van der Waals surface area (Å²) in [6.45, 7) is 0. The van der Waals surface area contributed by atoms with Gasteiger partial charge in [-0.2, -0.15) is 0 Å². The van der Waals surface area contributed by atoms with Crippen LogP contribution in [-0.2, 0) is 0 Å². The molecule has 0 bridgehead atoms. The SMILES string of the molecule is NC1CCC(N)CC1.[H-].[H-].[Li+].[Li+]. The molecule has 1 rings (SSSR count). The predicted octanol–water partition coefficient (Wildman–Crippen LogP) is -5.55. The second-order valence-corrected chi connectivity index (χ2v) is 2.67. The van der Waals surface area contributed by atoms with Crippen LogP contribution in [0.4, 0.5) is 0 Å². The molecule has 1 aliphatic rings. The zero-order valence-electron chi connectivity index (χ0n) is 9.14. The zero-order chi connectivity index (χ0) is 5.98. The zero-order valence-corrected chi connectivity index (χ0v) is 7.14. The molecule has 52 valence electrons. The fourth-order valence-electron chi connectivity index (χ4n) is 1.14. The van der Waals surface area contributed by atoms with Gasteiger partial charge in [-0.15, -0.1) is 0 Å². The van der Waals surface area contributed by atoms with Gasteiger partial charge in [0.25, 0.3) is 0 Å². The summed E-state index contributed by atoms with van der Waals surface area (Å²) in [7, 11) is 0. The van der Waals surface area contributed by atoms with Crippen molar-refractivity contribution in [3.05, 3.63) is 0 Å². The van der Waals surface area contributed by atoms with Crippen molar-refractivity contribution in [2.24, 2.45) is 11.5 Å². The Morgan fingerprint density at radius 3 is 1.20 bits per heavy atom. The number of hydrogen-bond acceptors (Lipinski definition) is 2. The summed E-state index contributed by atoms with van der Waals surface area (Å²) in [4.78, 5) is 0. The second-order valence-electron chi connectivity index (χ2n) is 2.67. The van der Waals surface area contributed by atoms with Gasteiger partial charge >= 0.3 is 37.7 Å². The molecule has 0 radical (unpaired) electrons. The van der Waals surface area contributed by atoms with Crippen LogP contribution in [0.1, 0.15) is 28.5 Å². The van der Waals surface area contributed by atoms with Crippen LogP contribution in [0.3, 0.4) is 0 Å². The third-order valence-electron chi connectivity index (χ3n) is 1.82. The molecule has 2 nitrogen and oxygen atoms in total. The molecule has 0 spiro atoms. The van der Waals surface area contributed by atoms with Gasteiger partial charge in [-0.25, -0.2) is 0 Å². The number of hydrogen-bond donors (Lipinski definition) is 2. The van der Waals surface area contributed by atoms with Crippen molar-refractivity contribution in [3.8, 4) is 0 Å². The second kappa shape index (κ2) is 6.80. The first-order valence-corrected chi connectivity index (χ1v) is 3.30. The van der Waals surface area contributed by atoms with Crippen molar-refractivity contribution in [3.63, 3.8) is 0 Å². The molecule has 0 amide bonds. The van der Waals surface area contributed by atoms with Crippen LogP contribution in [-0.4, -0.2) is 12.1 Å². The molecule has 0 aromatic rings. The van der Waals surface area contributed by atoms with Crippen LogP contribution in [0.2, 0.25) is 0 Å². The van der Waals surface area contributed by atoms with Gasteiger partial charge in [-0.1, -0.05) is 0 Å². The van der Waals surface area contributed by atoms with Crippen LogP contribution in [0.15, 0.2) is 0 Å². The smallest absolute Gasteiger partial charge is 1.00 e. The van der Waals surface area contributed by atoms with E-state index >= 15 is 0 Å². The van der Waals surface area contributed by atoms with E-state index in [1.54, 1.807) is 0 Å². The molecular weight excluding hydrogens is 114 g/mol. The van der Waals surface area contributed by atoms with Gasteiger partial charge in [-0.3, -0.25) is 0 Å². The topological polar surface area (TPSA) is 52.0 Å². The Bertz CT molecular complexity index is 69.9. The van der Waals surface area contributed by atoms with Gasteiger partial charge in [-0.05, 0) is 25.7 Å². The summed E-state index contributed by atoms with van der Waals surface area (Å²) >= 11 is 0. The quantitative estimate of drug-likeness (QED) is 0.321. The predicted molar refractivity (Wildman–Crippen MR) is 36.6 cm³/mol. The monoisotopic (exact) mass is 130 g/mol. The van der Waals surface area contributed by atoms with Gasteiger partial charge in [0.05, 0.1) is 0 Å². The first-order chi connectivity index (χ1) is 3.79. The Balaban J connectivity index is -0.0000000800. The van der Waals surface area contributed by atoms with Gasteiger partial charge in [0, 0.05) is 12.1 Å². The van der Waals surface area contributed by atoms with E-state index in [4.69, 9.17) is 11.5 Å². The van der Waals surface area contributed by atoms with E-state index in [1.807, 2.05) is 0 Å². The Hall–Kier alpha value is 1.11. The van der Waals surface area contributed by atoms with Crippen molar-refractivity contribution in [1.82, 2.24) is 0 Å². The Kier molecular flexibility index (Phi) is 9.31. The van der Waals surface area contributed by atoms with E-state index < -0.39 is 0 Å². The fourth-order valence-corrected chi connectivity index (χ4v) is 1.14. The molecule has 1 saturated carbocycles. The van der Waals surface area contributed by atoms with Crippen LogP contribution in [0.25, 0.3) is 0 Å². The summed E-state index contributed by atoms with van der Waals surface area (Å²) in [5.74, 6) is 0. The molecule has 0 aromatic carbocycles. The van der Waals surface area contributed by atoms with Gasteiger partial charge in [0.1, 0.15) is 0 Å². The van der Waals surface area contributed by atoms with Crippen molar-refractivity contribution < 1.29 is 40.6 Å². The van der Waals surface area contributed by atoms with Crippen LogP contribution in [0, 0.1) is 0 Å². The molecule has 0 saturated heterocycles. The summed E-state index contributed by atoms with van der Waals surface area (Å²) in [6.07, 6.45) is 4.50. The maximum absolute atomic E-state index is 5.64. The molecule has 0 unspecified atom stereocenters. The number of rotatable bonds is 0. The Morgan fingerprint density at radius 2 is 1.00 bits per heavy atom. The molecule has 0 atom stereocenters. The minimum Gasteiger partial charge on any atom is -1.00 e. The summed E-state index contributed by atoms with van der Waals surface area (Å²) in [5.41, 5.74) is 11.3. The van der Waals surface area contributed by atoms with Gasteiger partial charge < -0.3 is 14.3 Å². The molecular formula is C6H16Li2N2. The Morgan fingerprint density at radius 1 is 0.800 bits per heavy atom. The molecule has 4 N–H and O–H groups in total. The van der Waals surface area contributed by atoms with E-state index in [-0.39, 0.29) is 40.6 Å². The van der Waals surface area contributed by atoms with Crippen molar-refractivity contribution in [1.29, 1.82) is 0 Å². The molecule has 0 aliphatic heterocycles. The molecule has 1 fully saturated rings. The van der Waals surface area contributed by atoms with E-state index in [2.05, 4.69) is 0 Å². The van der Waals surface area contributed by atoms with Crippen LogP contribution in [0.5, 0.6) is 0 Å². The van der Waals surface area contributed by atoms with Crippen LogP contribution >= 0.6 is 0 Å². The molecule has 4 heteroatoms. The number of nitrogens with two attached hydrogens (primary N) is 2. The Labute approximate surface area is 89.8 Å². The third-order valence-corrected chi connectivity index (χ3v) is 1.82. The van der Waals surface area contributed by atoms with Crippen LogP contribution < -0.4 is 49.2 Å². The van der Waals surface area contributed by atoms with Gasteiger partial charge in [0.2, 0.25) is 0 Å².